The maximum atomic E-state index is 12.3. The fourth-order valence-corrected chi connectivity index (χ4v) is 3.00. The van der Waals surface area contributed by atoms with E-state index < -0.39 is 0 Å². The molecule has 4 rings (SSSR count). The van der Waals surface area contributed by atoms with Crippen LogP contribution in [-0.2, 0) is 11.3 Å². The largest absolute Gasteiger partial charge is 0.350 e. The lowest BCUT2D eigenvalue weighted by atomic mass is 10.0. The minimum absolute atomic E-state index is 0.00874. The first-order chi connectivity index (χ1) is 11.3. The van der Waals surface area contributed by atoms with Gasteiger partial charge in [0.25, 0.3) is 0 Å². The van der Waals surface area contributed by atoms with Crippen LogP contribution in [0.1, 0.15) is 23.7 Å². The normalized spacial score (nSPS) is 15.0. The van der Waals surface area contributed by atoms with Crippen molar-refractivity contribution in [2.45, 2.75) is 19.0 Å². The Kier molecular flexibility index (Phi) is 3.34. The van der Waals surface area contributed by atoms with Crippen molar-refractivity contribution < 1.29 is 4.79 Å². The first kappa shape index (κ1) is 13.6. The number of rotatable bonds is 4. The van der Waals surface area contributed by atoms with Crippen LogP contribution in [-0.4, -0.2) is 25.4 Å². The highest BCUT2D eigenvalue weighted by Gasteiger charge is 2.29. The lowest BCUT2D eigenvalue weighted by Crippen LogP contribution is -2.26. The predicted octanol–water partition coefficient (Wildman–Crippen LogP) is 1.95. The van der Waals surface area contributed by atoms with Gasteiger partial charge in [0.05, 0.1) is 49.1 Å². The number of amides is 1. The molecule has 1 N–H and O–H groups in total. The zero-order chi connectivity index (χ0) is 15.6. The van der Waals surface area contributed by atoms with Gasteiger partial charge in [-0.05, 0) is 5.56 Å². The van der Waals surface area contributed by atoms with Crippen molar-refractivity contribution in [2.24, 2.45) is 0 Å². The quantitative estimate of drug-likeness (QED) is 0.799. The average Bonchev–Trinajstić information content (AvgIpc) is 3.17. The highest BCUT2D eigenvalue weighted by molar-refractivity contribution is 5.79. The Morgan fingerprint density at radius 2 is 2.09 bits per heavy atom. The molecule has 6 heteroatoms. The first-order valence-electron chi connectivity index (χ1n) is 7.45. The second-order valence-corrected chi connectivity index (χ2v) is 5.47. The molecule has 6 nitrogen and oxygen atoms in total. The molecular weight excluding hydrogens is 290 g/mol. The summed E-state index contributed by atoms with van der Waals surface area (Å²) < 4.78 is 2.06. The van der Waals surface area contributed by atoms with Gasteiger partial charge in [0, 0.05) is 18.0 Å². The summed E-state index contributed by atoms with van der Waals surface area (Å²) in [7, 11) is 0. The van der Waals surface area contributed by atoms with Crippen molar-refractivity contribution in [3.8, 4) is 11.3 Å². The maximum absolute atomic E-state index is 12.3. The third-order valence-corrected chi connectivity index (χ3v) is 4.06. The Balaban J connectivity index is 1.50. The second kappa shape index (κ2) is 5.64. The Labute approximate surface area is 133 Å². The summed E-state index contributed by atoms with van der Waals surface area (Å²) in [6, 6.07) is 8.14. The zero-order valence-electron chi connectivity index (χ0n) is 12.4. The van der Waals surface area contributed by atoms with Gasteiger partial charge < -0.3 is 9.88 Å². The van der Waals surface area contributed by atoms with Crippen LogP contribution in [0.5, 0.6) is 0 Å². The number of nitrogens with one attached hydrogen (secondary N) is 1. The first-order valence-corrected chi connectivity index (χ1v) is 7.45. The SMILES string of the molecule is O=C(CC1c2ccccc2-c2cncn21)NCc1cnccn1. The molecule has 0 saturated carbocycles. The van der Waals surface area contributed by atoms with Crippen molar-refractivity contribution >= 4 is 5.91 Å². The number of hydrogen-bond acceptors (Lipinski definition) is 4. The van der Waals surface area contributed by atoms with Gasteiger partial charge in [-0.2, -0.15) is 0 Å². The van der Waals surface area contributed by atoms with Crippen molar-refractivity contribution in [3.63, 3.8) is 0 Å². The van der Waals surface area contributed by atoms with E-state index in [9.17, 15) is 4.79 Å². The number of carbonyl (C=O) groups excluding carboxylic acids is 1. The number of aromatic nitrogens is 4. The summed E-state index contributed by atoms with van der Waals surface area (Å²) in [5, 5.41) is 2.90. The Morgan fingerprint density at radius 3 is 2.96 bits per heavy atom. The molecule has 3 heterocycles. The van der Waals surface area contributed by atoms with Gasteiger partial charge in [0.1, 0.15) is 0 Å². The highest BCUT2D eigenvalue weighted by Crippen LogP contribution is 2.40. The summed E-state index contributed by atoms with van der Waals surface area (Å²) in [5.41, 5.74) is 4.12. The van der Waals surface area contributed by atoms with Crippen molar-refractivity contribution in [1.29, 1.82) is 0 Å². The van der Waals surface area contributed by atoms with Gasteiger partial charge in [0.15, 0.2) is 0 Å². The van der Waals surface area contributed by atoms with E-state index in [0.717, 1.165) is 17.0 Å². The summed E-state index contributed by atoms with van der Waals surface area (Å²) in [5.74, 6) is -0.0167. The maximum Gasteiger partial charge on any atom is 0.222 e. The van der Waals surface area contributed by atoms with Gasteiger partial charge in [-0.15, -0.1) is 0 Å². The molecule has 1 atom stereocenters. The van der Waals surface area contributed by atoms with Gasteiger partial charge in [-0.3, -0.25) is 14.8 Å². The summed E-state index contributed by atoms with van der Waals surface area (Å²) in [6.07, 6.45) is 8.89. The number of carbonyl (C=O) groups is 1. The molecule has 2 aromatic heterocycles. The molecule has 23 heavy (non-hydrogen) atoms. The van der Waals surface area contributed by atoms with E-state index in [1.807, 2.05) is 18.3 Å². The van der Waals surface area contributed by atoms with Crippen LogP contribution in [0.3, 0.4) is 0 Å². The minimum Gasteiger partial charge on any atom is -0.350 e. The lowest BCUT2D eigenvalue weighted by Gasteiger charge is -2.14. The molecule has 0 radical (unpaired) electrons. The van der Waals surface area contributed by atoms with Crippen LogP contribution in [0, 0.1) is 0 Å². The van der Waals surface area contributed by atoms with E-state index in [2.05, 4.69) is 37.0 Å². The second-order valence-electron chi connectivity index (χ2n) is 5.47. The monoisotopic (exact) mass is 305 g/mol. The average molecular weight is 305 g/mol. The highest BCUT2D eigenvalue weighted by atomic mass is 16.1. The van der Waals surface area contributed by atoms with Crippen molar-refractivity contribution in [1.82, 2.24) is 24.8 Å². The van der Waals surface area contributed by atoms with Crippen molar-refractivity contribution in [3.05, 3.63) is 66.6 Å². The summed E-state index contributed by atoms with van der Waals surface area (Å²) in [4.78, 5) is 24.7. The van der Waals surface area contributed by atoms with E-state index in [1.165, 1.54) is 5.56 Å². The summed E-state index contributed by atoms with van der Waals surface area (Å²) in [6.45, 7) is 0.387. The molecule has 0 saturated heterocycles. The fourth-order valence-electron chi connectivity index (χ4n) is 3.00. The number of imidazole rings is 1. The molecule has 3 aromatic rings. The Morgan fingerprint density at radius 1 is 1.17 bits per heavy atom. The van der Waals surface area contributed by atoms with Gasteiger partial charge >= 0.3 is 0 Å². The zero-order valence-corrected chi connectivity index (χ0v) is 12.4. The van der Waals surface area contributed by atoms with Crippen LogP contribution in [0.15, 0.2) is 55.4 Å². The molecule has 114 valence electrons. The molecule has 0 bridgehead atoms. The number of benzene rings is 1. The fraction of sp³-hybridized carbons (Fsp3) is 0.176. The standard InChI is InChI=1S/C17H15N5O/c23-17(21-9-12-8-18-5-6-20-12)7-15-13-3-1-2-4-14(13)16-10-19-11-22(15)16/h1-6,8,10-11,15H,7,9H2,(H,21,23). The number of fused-ring (bicyclic) bond motifs is 3. The van der Waals surface area contributed by atoms with Gasteiger partial charge in [-0.25, -0.2) is 4.98 Å². The van der Waals surface area contributed by atoms with Gasteiger partial charge in [-0.1, -0.05) is 24.3 Å². The summed E-state index contributed by atoms with van der Waals surface area (Å²) >= 11 is 0. The van der Waals surface area contributed by atoms with Gasteiger partial charge in [0.2, 0.25) is 5.91 Å². The molecular formula is C17H15N5O. The molecule has 0 spiro atoms. The molecule has 1 aromatic carbocycles. The molecule has 1 aliphatic heterocycles. The smallest absolute Gasteiger partial charge is 0.222 e. The van der Waals surface area contributed by atoms with Crippen LogP contribution < -0.4 is 5.32 Å². The molecule has 1 amide bonds. The van der Waals surface area contributed by atoms with E-state index in [-0.39, 0.29) is 11.9 Å². The van der Waals surface area contributed by atoms with Crippen molar-refractivity contribution in [2.75, 3.05) is 0 Å². The topological polar surface area (TPSA) is 72.7 Å². The number of hydrogen-bond donors (Lipinski definition) is 1. The van der Waals surface area contributed by atoms with E-state index >= 15 is 0 Å². The number of nitrogens with zero attached hydrogens (tertiary/aromatic N) is 4. The molecule has 0 fully saturated rings. The van der Waals surface area contributed by atoms with E-state index in [0.29, 0.717) is 13.0 Å². The van der Waals surface area contributed by atoms with Crippen LogP contribution in [0.4, 0.5) is 0 Å². The lowest BCUT2D eigenvalue weighted by molar-refractivity contribution is -0.121. The third-order valence-electron chi connectivity index (χ3n) is 4.06. The predicted molar refractivity (Wildman–Crippen MR) is 84.3 cm³/mol. The van der Waals surface area contributed by atoms with Crippen LogP contribution in [0.25, 0.3) is 11.3 Å². The molecule has 1 unspecified atom stereocenters. The van der Waals surface area contributed by atoms with Crippen LogP contribution in [0.2, 0.25) is 0 Å². The Bertz CT molecular complexity index is 843. The minimum atomic E-state index is -0.0167. The van der Waals surface area contributed by atoms with E-state index in [4.69, 9.17) is 0 Å². The molecule has 0 aliphatic carbocycles. The molecule has 1 aliphatic rings. The third kappa shape index (κ3) is 2.48. The van der Waals surface area contributed by atoms with Crippen LogP contribution >= 0.6 is 0 Å². The Hall–Kier alpha value is -3.02. The van der Waals surface area contributed by atoms with E-state index in [1.54, 1.807) is 24.9 Å².